The van der Waals surface area contributed by atoms with Gasteiger partial charge in [-0.1, -0.05) is 18.9 Å². The van der Waals surface area contributed by atoms with Crippen molar-refractivity contribution in [3.8, 4) is 0 Å². The van der Waals surface area contributed by atoms with Gasteiger partial charge in [0.15, 0.2) is 5.03 Å². The summed E-state index contributed by atoms with van der Waals surface area (Å²) in [5.74, 6) is 0. The molecule has 116 valence electrons. The molecule has 0 spiro atoms. The van der Waals surface area contributed by atoms with Crippen molar-refractivity contribution < 1.29 is 18.3 Å². The first-order chi connectivity index (χ1) is 10.1. The molecule has 0 amide bonds. The smallest absolute Gasteiger partial charge is 0.260 e. The molecule has 2 heterocycles. The van der Waals surface area contributed by atoms with Crippen LogP contribution in [-0.2, 0) is 21.4 Å². The molecule has 1 saturated heterocycles. The number of aliphatic hydroxyl groups excluding tert-OH is 1. The van der Waals surface area contributed by atoms with E-state index < -0.39 is 10.0 Å². The summed E-state index contributed by atoms with van der Waals surface area (Å²) in [5.41, 5.74) is 0.603. The van der Waals surface area contributed by atoms with E-state index in [4.69, 9.17) is 9.84 Å². The van der Waals surface area contributed by atoms with Crippen LogP contribution in [0.25, 0.3) is 0 Å². The predicted octanol–water partition coefficient (Wildman–Crippen LogP) is 0.906. The monoisotopic (exact) mass is 312 g/mol. The summed E-state index contributed by atoms with van der Waals surface area (Å²) in [6.45, 7) is 0.678. The first-order valence-electron chi connectivity index (χ1n) is 7.32. The van der Waals surface area contributed by atoms with Crippen molar-refractivity contribution in [2.45, 2.75) is 49.5 Å². The number of aliphatic hydroxyl groups is 1. The fraction of sp³-hybridized carbons (Fsp3) is 0.643. The van der Waals surface area contributed by atoms with E-state index in [1.165, 1.54) is 12.3 Å². The number of rotatable bonds is 3. The molecule has 1 aromatic heterocycles. The van der Waals surface area contributed by atoms with Crippen molar-refractivity contribution in [3.63, 3.8) is 0 Å². The minimum atomic E-state index is -3.60. The summed E-state index contributed by atoms with van der Waals surface area (Å²) in [7, 11) is -3.60. The third-order valence-electron chi connectivity index (χ3n) is 4.23. The lowest BCUT2D eigenvalue weighted by atomic mass is 9.91. The number of sulfonamides is 1. The van der Waals surface area contributed by atoms with E-state index in [2.05, 4.69) is 4.98 Å². The maximum Gasteiger partial charge on any atom is 0.260 e. The molecule has 2 unspecified atom stereocenters. The maximum atomic E-state index is 12.8. The molecule has 1 aromatic rings. The molecule has 2 atom stereocenters. The Kier molecular flexibility index (Phi) is 4.26. The summed E-state index contributed by atoms with van der Waals surface area (Å²) >= 11 is 0. The van der Waals surface area contributed by atoms with Gasteiger partial charge in [-0.05, 0) is 24.5 Å². The average molecular weight is 312 g/mol. The van der Waals surface area contributed by atoms with Crippen LogP contribution >= 0.6 is 0 Å². The van der Waals surface area contributed by atoms with Gasteiger partial charge < -0.3 is 9.84 Å². The minimum Gasteiger partial charge on any atom is -0.392 e. The highest BCUT2D eigenvalue weighted by atomic mass is 32.2. The molecule has 21 heavy (non-hydrogen) atoms. The summed E-state index contributed by atoms with van der Waals surface area (Å²) in [5, 5.41) is 9.07. The van der Waals surface area contributed by atoms with E-state index in [0.29, 0.717) is 18.7 Å². The lowest BCUT2D eigenvalue weighted by Gasteiger charge is -2.42. The van der Waals surface area contributed by atoms with Crippen LogP contribution in [0, 0.1) is 0 Å². The van der Waals surface area contributed by atoms with E-state index in [1.807, 2.05) is 0 Å². The molecular formula is C14H20N2O4S. The third kappa shape index (κ3) is 2.83. The van der Waals surface area contributed by atoms with Crippen molar-refractivity contribution >= 4 is 10.0 Å². The van der Waals surface area contributed by atoms with Gasteiger partial charge >= 0.3 is 0 Å². The zero-order chi connectivity index (χ0) is 14.9. The first-order valence-corrected chi connectivity index (χ1v) is 8.76. The Morgan fingerprint density at radius 3 is 2.86 bits per heavy atom. The number of hydrogen-bond acceptors (Lipinski definition) is 5. The molecule has 1 aliphatic carbocycles. The zero-order valence-corrected chi connectivity index (χ0v) is 12.6. The van der Waals surface area contributed by atoms with Gasteiger partial charge in [0.1, 0.15) is 0 Å². The van der Waals surface area contributed by atoms with Crippen LogP contribution in [0.15, 0.2) is 23.4 Å². The Morgan fingerprint density at radius 2 is 2.14 bits per heavy atom. The molecule has 1 N–H and O–H groups in total. The third-order valence-corrected chi connectivity index (χ3v) is 6.08. The SMILES string of the molecule is O=S(=O)(c1ccc(CO)cn1)N1CCOC2CCCCC21. The Morgan fingerprint density at radius 1 is 1.33 bits per heavy atom. The van der Waals surface area contributed by atoms with Crippen molar-refractivity contribution in [2.75, 3.05) is 13.2 Å². The van der Waals surface area contributed by atoms with Gasteiger partial charge in [-0.2, -0.15) is 4.31 Å². The van der Waals surface area contributed by atoms with Gasteiger partial charge in [-0.25, -0.2) is 13.4 Å². The number of ether oxygens (including phenoxy) is 1. The summed E-state index contributed by atoms with van der Waals surface area (Å²) in [6.07, 6.45) is 5.32. The number of morpholine rings is 1. The van der Waals surface area contributed by atoms with E-state index in [9.17, 15) is 8.42 Å². The molecule has 1 aliphatic heterocycles. The maximum absolute atomic E-state index is 12.8. The van der Waals surface area contributed by atoms with Crippen LogP contribution in [0.3, 0.4) is 0 Å². The number of hydrogen-bond donors (Lipinski definition) is 1. The van der Waals surface area contributed by atoms with Crippen LogP contribution in [0.4, 0.5) is 0 Å². The highest BCUT2D eigenvalue weighted by Crippen LogP contribution is 2.31. The second kappa shape index (κ2) is 6.00. The number of pyridine rings is 1. The molecule has 0 radical (unpaired) electrons. The Labute approximate surface area is 124 Å². The van der Waals surface area contributed by atoms with Crippen molar-refractivity contribution in [1.29, 1.82) is 0 Å². The van der Waals surface area contributed by atoms with Crippen LogP contribution in [0.2, 0.25) is 0 Å². The van der Waals surface area contributed by atoms with Crippen molar-refractivity contribution in [1.82, 2.24) is 9.29 Å². The lowest BCUT2D eigenvalue weighted by molar-refractivity contribution is -0.0586. The summed E-state index contributed by atoms with van der Waals surface area (Å²) < 4.78 is 32.9. The van der Waals surface area contributed by atoms with Gasteiger partial charge in [0.05, 0.1) is 25.4 Å². The molecule has 7 heteroatoms. The van der Waals surface area contributed by atoms with Gasteiger partial charge in [0, 0.05) is 12.7 Å². The topological polar surface area (TPSA) is 79.7 Å². The number of fused-ring (bicyclic) bond motifs is 1. The summed E-state index contributed by atoms with van der Waals surface area (Å²) in [4.78, 5) is 4.00. The van der Waals surface area contributed by atoms with Crippen molar-refractivity contribution in [2.24, 2.45) is 0 Å². The molecule has 2 aliphatic rings. The number of nitrogens with zero attached hydrogens (tertiary/aromatic N) is 2. The molecule has 2 fully saturated rings. The largest absolute Gasteiger partial charge is 0.392 e. The average Bonchev–Trinajstić information content (AvgIpc) is 2.54. The summed E-state index contributed by atoms with van der Waals surface area (Å²) in [6, 6.07) is 2.99. The standard InChI is InChI=1S/C14H20N2O4S/c17-10-11-5-6-14(15-9-11)21(18,19)16-7-8-20-13-4-2-1-3-12(13)16/h5-6,9,12-13,17H,1-4,7-8,10H2. The Bertz CT molecular complexity index is 585. The van der Waals surface area contributed by atoms with Gasteiger partial charge in [0.25, 0.3) is 10.0 Å². The number of aromatic nitrogens is 1. The van der Waals surface area contributed by atoms with Gasteiger partial charge in [-0.15, -0.1) is 0 Å². The first kappa shape index (κ1) is 14.9. The fourth-order valence-electron chi connectivity index (χ4n) is 3.14. The second-order valence-corrected chi connectivity index (χ2v) is 7.38. The Hall–Kier alpha value is -1.02. The zero-order valence-electron chi connectivity index (χ0n) is 11.8. The molecule has 0 bridgehead atoms. The van der Waals surface area contributed by atoms with Gasteiger partial charge in [-0.3, -0.25) is 0 Å². The highest BCUT2D eigenvalue weighted by Gasteiger charge is 2.41. The molecule has 6 nitrogen and oxygen atoms in total. The fourth-order valence-corrected chi connectivity index (χ4v) is 4.72. The second-order valence-electron chi connectivity index (χ2n) is 5.54. The molecule has 3 rings (SSSR count). The van der Waals surface area contributed by atoms with E-state index >= 15 is 0 Å². The molecule has 0 aromatic carbocycles. The van der Waals surface area contributed by atoms with Crippen LogP contribution in [-0.4, -0.2) is 48.1 Å². The van der Waals surface area contributed by atoms with E-state index in [0.717, 1.165) is 25.7 Å². The van der Waals surface area contributed by atoms with Crippen molar-refractivity contribution in [3.05, 3.63) is 23.9 Å². The minimum absolute atomic E-state index is 0.0130. The van der Waals surface area contributed by atoms with Crippen LogP contribution in [0.5, 0.6) is 0 Å². The predicted molar refractivity (Wildman–Crippen MR) is 76.0 cm³/mol. The van der Waals surface area contributed by atoms with Crippen LogP contribution < -0.4 is 0 Å². The van der Waals surface area contributed by atoms with E-state index in [-0.39, 0.29) is 23.8 Å². The Balaban J connectivity index is 1.88. The normalized spacial score (nSPS) is 27.3. The highest BCUT2D eigenvalue weighted by molar-refractivity contribution is 7.89. The molecule has 1 saturated carbocycles. The quantitative estimate of drug-likeness (QED) is 0.897. The van der Waals surface area contributed by atoms with Gasteiger partial charge in [0.2, 0.25) is 0 Å². The van der Waals surface area contributed by atoms with E-state index in [1.54, 1.807) is 10.4 Å². The molecular weight excluding hydrogens is 292 g/mol. The van der Waals surface area contributed by atoms with Crippen LogP contribution in [0.1, 0.15) is 31.2 Å². The lowest BCUT2D eigenvalue weighted by Crippen LogP contribution is -2.54.